The van der Waals surface area contributed by atoms with Crippen LogP contribution < -0.4 is 16.8 Å². The van der Waals surface area contributed by atoms with E-state index in [2.05, 4.69) is 19.2 Å². The van der Waals surface area contributed by atoms with Gasteiger partial charge in [-0.25, -0.2) is 0 Å². The highest BCUT2D eigenvalue weighted by atomic mass is 16.4. The minimum atomic E-state index is -0.833. The van der Waals surface area contributed by atoms with Crippen molar-refractivity contribution in [1.29, 1.82) is 5.41 Å². The SMILES string of the molecule is CC(=O)O.CCCCCCCCCCCCCC(N)=O.CCCCNC(=N)N. The topological polar surface area (TPSA) is 142 Å². The first-order chi connectivity index (χ1) is 13.3. The Hall–Kier alpha value is -1.79. The Bertz CT molecular complexity index is 360. The van der Waals surface area contributed by atoms with Gasteiger partial charge < -0.3 is 21.9 Å². The zero-order chi connectivity index (χ0) is 22.0. The first kappa shape index (κ1) is 30.9. The van der Waals surface area contributed by atoms with Crippen LogP contribution in [0.1, 0.15) is 111 Å². The summed E-state index contributed by atoms with van der Waals surface area (Å²) < 4.78 is 0. The molecular weight excluding hydrogens is 356 g/mol. The maximum atomic E-state index is 10.5. The van der Waals surface area contributed by atoms with Crippen molar-refractivity contribution in [3.63, 3.8) is 0 Å². The molecule has 0 radical (unpaired) electrons. The molecular formula is C21H46N4O3. The second-order valence-electron chi connectivity index (χ2n) is 6.96. The van der Waals surface area contributed by atoms with E-state index < -0.39 is 5.97 Å². The van der Waals surface area contributed by atoms with Crippen LogP contribution in [0.5, 0.6) is 0 Å². The fourth-order valence-electron chi connectivity index (χ4n) is 2.36. The maximum absolute atomic E-state index is 10.5. The molecule has 7 nitrogen and oxygen atoms in total. The van der Waals surface area contributed by atoms with E-state index in [0.29, 0.717) is 6.42 Å². The molecule has 0 fully saturated rings. The van der Waals surface area contributed by atoms with Gasteiger partial charge in [0.25, 0.3) is 5.97 Å². The first-order valence-electron chi connectivity index (χ1n) is 10.8. The number of carbonyl (C=O) groups excluding carboxylic acids is 1. The summed E-state index contributed by atoms with van der Waals surface area (Å²) >= 11 is 0. The summed E-state index contributed by atoms with van der Waals surface area (Å²) in [6, 6.07) is 0. The van der Waals surface area contributed by atoms with Crippen LogP contribution in [0.25, 0.3) is 0 Å². The van der Waals surface area contributed by atoms with E-state index in [4.69, 9.17) is 26.8 Å². The smallest absolute Gasteiger partial charge is 0.300 e. The van der Waals surface area contributed by atoms with Crippen LogP contribution in [0.2, 0.25) is 0 Å². The lowest BCUT2D eigenvalue weighted by atomic mass is 10.1. The molecule has 0 aromatic heterocycles. The predicted octanol–water partition coefficient (Wildman–Crippen LogP) is 4.53. The highest BCUT2D eigenvalue weighted by Gasteiger charge is 1.95. The second kappa shape index (κ2) is 27.4. The molecule has 1 amide bonds. The number of rotatable bonds is 15. The van der Waals surface area contributed by atoms with Crippen molar-refractivity contribution in [1.82, 2.24) is 5.32 Å². The standard InChI is InChI=1S/C14H29NO.C5H13N3.C2H4O2/c1-2-3-4-5-6-7-8-9-10-11-12-13-14(15)16;1-2-3-4-8-5(6)7;1-2(3)4/h2-13H2,1H3,(H2,15,16);2-4H2,1H3,(H4,6,7,8);1H3,(H,3,4). The van der Waals surface area contributed by atoms with Crippen molar-refractivity contribution in [2.75, 3.05) is 6.54 Å². The Labute approximate surface area is 172 Å². The Balaban J connectivity index is -0.000000431. The quantitative estimate of drug-likeness (QED) is 0.155. The van der Waals surface area contributed by atoms with Crippen LogP contribution in [-0.2, 0) is 9.59 Å². The van der Waals surface area contributed by atoms with Crippen LogP contribution in [0, 0.1) is 5.41 Å². The van der Waals surface area contributed by atoms with Crippen molar-refractivity contribution < 1.29 is 14.7 Å². The van der Waals surface area contributed by atoms with Gasteiger partial charge in [-0.05, 0) is 12.8 Å². The van der Waals surface area contributed by atoms with Crippen LogP contribution >= 0.6 is 0 Å². The average molecular weight is 403 g/mol. The highest BCUT2D eigenvalue weighted by molar-refractivity contribution is 5.74. The fraction of sp³-hybridized carbons (Fsp3) is 0.857. The monoisotopic (exact) mass is 402 g/mol. The van der Waals surface area contributed by atoms with Gasteiger partial charge in [0.15, 0.2) is 5.96 Å². The summed E-state index contributed by atoms with van der Waals surface area (Å²) in [4.78, 5) is 19.5. The summed E-state index contributed by atoms with van der Waals surface area (Å²) in [6.45, 7) is 6.26. The lowest BCUT2D eigenvalue weighted by Crippen LogP contribution is -2.30. The predicted molar refractivity (Wildman–Crippen MR) is 118 cm³/mol. The number of nitrogens with one attached hydrogen (secondary N) is 2. The Morgan fingerprint density at radius 2 is 1.14 bits per heavy atom. The Morgan fingerprint density at radius 3 is 1.46 bits per heavy atom. The summed E-state index contributed by atoms with van der Waals surface area (Å²) in [5.74, 6) is -0.922. The summed E-state index contributed by atoms with van der Waals surface area (Å²) in [7, 11) is 0. The van der Waals surface area contributed by atoms with Gasteiger partial charge in [0.1, 0.15) is 0 Å². The van der Waals surface area contributed by atoms with Crippen molar-refractivity contribution in [2.45, 2.75) is 111 Å². The Morgan fingerprint density at radius 1 is 0.786 bits per heavy atom. The third-order valence-corrected chi connectivity index (χ3v) is 3.87. The van der Waals surface area contributed by atoms with Crippen LogP contribution in [0.4, 0.5) is 0 Å². The molecule has 28 heavy (non-hydrogen) atoms. The number of carbonyl (C=O) groups is 2. The second-order valence-corrected chi connectivity index (χ2v) is 6.96. The molecule has 0 aliphatic rings. The summed E-state index contributed by atoms with van der Waals surface area (Å²) in [5.41, 5.74) is 10.1. The molecule has 7 heteroatoms. The molecule has 0 bridgehead atoms. The van der Waals surface area contributed by atoms with E-state index in [-0.39, 0.29) is 11.9 Å². The number of unbranched alkanes of at least 4 members (excludes halogenated alkanes) is 11. The van der Waals surface area contributed by atoms with Gasteiger partial charge >= 0.3 is 0 Å². The molecule has 0 rings (SSSR count). The van der Waals surface area contributed by atoms with Gasteiger partial charge in [0.2, 0.25) is 5.91 Å². The largest absolute Gasteiger partial charge is 0.481 e. The number of nitrogens with two attached hydrogens (primary N) is 2. The lowest BCUT2D eigenvalue weighted by molar-refractivity contribution is -0.134. The van der Waals surface area contributed by atoms with Crippen molar-refractivity contribution in [3.8, 4) is 0 Å². The van der Waals surface area contributed by atoms with Gasteiger partial charge in [-0.1, -0.05) is 84.5 Å². The highest BCUT2D eigenvalue weighted by Crippen LogP contribution is 2.11. The first-order valence-corrected chi connectivity index (χ1v) is 10.8. The molecule has 0 unspecified atom stereocenters. The molecule has 0 spiro atoms. The zero-order valence-electron chi connectivity index (χ0n) is 18.5. The minimum Gasteiger partial charge on any atom is -0.481 e. The van der Waals surface area contributed by atoms with Crippen molar-refractivity contribution in [3.05, 3.63) is 0 Å². The van der Waals surface area contributed by atoms with Gasteiger partial charge in [0, 0.05) is 19.9 Å². The molecule has 0 atom stereocenters. The third kappa shape index (κ3) is 49.6. The van der Waals surface area contributed by atoms with Crippen LogP contribution in [0.15, 0.2) is 0 Å². The van der Waals surface area contributed by atoms with Gasteiger partial charge in [-0.2, -0.15) is 0 Å². The van der Waals surface area contributed by atoms with E-state index in [1.54, 1.807) is 0 Å². The van der Waals surface area contributed by atoms with Gasteiger partial charge in [-0.15, -0.1) is 0 Å². The molecule has 0 saturated carbocycles. The minimum absolute atomic E-state index is 0.0680. The zero-order valence-corrected chi connectivity index (χ0v) is 18.5. The number of hydrogen-bond donors (Lipinski definition) is 5. The number of aliphatic carboxylic acids is 1. The molecule has 0 heterocycles. The van der Waals surface area contributed by atoms with Crippen LogP contribution in [-0.4, -0.2) is 29.5 Å². The molecule has 0 aliphatic heterocycles. The van der Waals surface area contributed by atoms with Crippen molar-refractivity contribution >= 4 is 17.8 Å². The number of amides is 1. The molecule has 168 valence electrons. The number of carboxylic acid groups (broad SMARTS) is 1. The molecule has 0 aromatic rings. The van der Waals surface area contributed by atoms with Crippen LogP contribution in [0.3, 0.4) is 0 Å². The number of hydrogen-bond acceptors (Lipinski definition) is 3. The molecule has 0 saturated heterocycles. The number of guanidine groups is 1. The van der Waals surface area contributed by atoms with E-state index in [0.717, 1.165) is 32.7 Å². The summed E-state index contributed by atoms with van der Waals surface area (Å²) in [5, 5.41) is 16.9. The molecule has 7 N–H and O–H groups in total. The van der Waals surface area contributed by atoms with Gasteiger partial charge in [0.05, 0.1) is 0 Å². The van der Waals surface area contributed by atoms with Crippen molar-refractivity contribution in [2.24, 2.45) is 11.5 Å². The summed E-state index contributed by atoms with van der Waals surface area (Å²) in [6.07, 6.45) is 17.2. The Kier molecular flexibility index (Phi) is 30.3. The van der Waals surface area contributed by atoms with E-state index in [1.807, 2.05) is 0 Å². The van der Waals surface area contributed by atoms with E-state index in [9.17, 15) is 4.79 Å². The fourth-order valence-corrected chi connectivity index (χ4v) is 2.36. The van der Waals surface area contributed by atoms with E-state index in [1.165, 1.54) is 64.2 Å². The third-order valence-electron chi connectivity index (χ3n) is 3.87. The normalized spacial score (nSPS) is 9.39. The molecule has 0 aromatic carbocycles. The average Bonchev–Trinajstić information content (AvgIpc) is 2.59. The van der Waals surface area contributed by atoms with Gasteiger partial charge in [-0.3, -0.25) is 15.0 Å². The lowest BCUT2D eigenvalue weighted by Gasteiger charge is -2.01. The van der Waals surface area contributed by atoms with E-state index >= 15 is 0 Å². The molecule has 0 aliphatic carbocycles. The maximum Gasteiger partial charge on any atom is 0.300 e. The number of carboxylic acids is 1. The number of primary amides is 1.